The summed E-state index contributed by atoms with van der Waals surface area (Å²) in [4.78, 5) is 0. The molecular weight excluding hydrogens is 286 g/mol. The van der Waals surface area contributed by atoms with Crippen molar-refractivity contribution in [2.75, 3.05) is 19.3 Å². The molecule has 0 spiro atoms. The van der Waals surface area contributed by atoms with Gasteiger partial charge in [-0.25, -0.2) is 12.7 Å². The molecule has 19 heavy (non-hydrogen) atoms. The molecule has 2 rings (SSSR count). The van der Waals surface area contributed by atoms with Crippen molar-refractivity contribution in [1.29, 1.82) is 0 Å². The number of rotatable bonds is 3. The molecule has 0 aliphatic carbocycles. The van der Waals surface area contributed by atoms with Crippen LogP contribution in [0.15, 0.2) is 24.3 Å². The van der Waals surface area contributed by atoms with Gasteiger partial charge in [0.15, 0.2) is 0 Å². The maximum Gasteiger partial charge on any atom is 0.211 e. The van der Waals surface area contributed by atoms with Crippen LogP contribution < -0.4 is 0 Å². The second-order valence-corrected chi connectivity index (χ2v) is 7.41. The van der Waals surface area contributed by atoms with E-state index in [-0.39, 0.29) is 5.92 Å². The van der Waals surface area contributed by atoms with Gasteiger partial charge < -0.3 is 5.11 Å². The molecule has 6 heteroatoms. The standard InChI is InChI=1S/C13H18ClNO3S/c1-19(17,18)15-8-6-11(7-9-15)13(16)10-2-4-12(14)5-3-10/h2-5,11,13,16H,6-9H2,1H3. The average Bonchev–Trinajstić information content (AvgIpc) is 2.38. The molecule has 1 atom stereocenters. The van der Waals surface area contributed by atoms with Crippen molar-refractivity contribution in [2.45, 2.75) is 18.9 Å². The maximum atomic E-state index is 11.4. The lowest BCUT2D eigenvalue weighted by molar-refractivity contribution is 0.0762. The van der Waals surface area contributed by atoms with E-state index in [0.29, 0.717) is 31.0 Å². The normalized spacial score (nSPS) is 20.4. The Labute approximate surface area is 119 Å². The van der Waals surface area contributed by atoms with Gasteiger partial charge in [-0.05, 0) is 36.5 Å². The molecule has 0 saturated carbocycles. The van der Waals surface area contributed by atoms with Crippen LogP contribution in [0, 0.1) is 5.92 Å². The molecule has 0 radical (unpaired) electrons. The van der Waals surface area contributed by atoms with Crippen molar-refractivity contribution in [3.8, 4) is 0 Å². The van der Waals surface area contributed by atoms with Gasteiger partial charge in [0.05, 0.1) is 12.4 Å². The van der Waals surface area contributed by atoms with E-state index in [2.05, 4.69) is 0 Å². The number of sulfonamides is 1. The first kappa shape index (κ1) is 14.8. The molecule has 1 heterocycles. The van der Waals surface area contributed by atoms with Crippen molar-refractivity contribution in [1.82, 2.24) is 4.31 Å². The van der Waals surface area contributed by atoms with Gasteiger partial charge in [-0.2, -0.15) is 0 Å². The van der Waals surface area contributed by atoms with E-state index in [4.69, 9.17) is 11.6 Å². The number of piperidine rings is 1. The Morgan fingerprint density at radius 1 is 1.26 bits per heavy atom. The SMILES string of the molecule is CS(=O)(=O)N1CCC(C(O)c2ccc(Cl)cc2)CC1. The summed E-state index contributed by atoms with van der Waals surface area (Å²) >= 11 is 5.82. The molecule has 0 aromatic heterocycles. The number of hydrogen-bond donors (Lipinski definition) is 1. The first-order chi connectivity index (χ1) is 8.88. The predicted molar refractivity (Wildman–Crippen MR) is 75.6 cm³/mol. The number of halogens is 1. The molecule has 106 valence electrons. The Bertz CT molecular complexity index is 521. The van der Waals surface area contributed by atoms with Crippen LogP contribution in [0.25, 0.3) is 0 Å². The lowest BCUT2D eigenvalue weighted by Crippen LogP contribution is -2.39. The summed E-state index contributed by atoms with van der Waals surface area (Å²) in [5, 5.41) is 11.0. The minimum absolute atomic E-state index is 0.0965. The fraction of sp³-hybridized carbons (Fsp3) is 0.538. The van der Waals surface area contributed by atoms with Crippen LogP contribution in [0.5, 0.6) is 0 Å². The smallest absolute Gasteiger partial charge is 0.211 e. The summed E-state index contributed by atoms with van der Waals surface area (Å²) in [5.74, 6) is 0.0965. The molecule has 1 aromatic carbocycles. The fourth-order valence-corrected chi connectivity index (χ4v) is 3.46. The van der Waals surface area contributed by atoms with E-state index in [1.165, 1.54) is 10.6 Å². The van der Waals surface area contributed by atoms with Gasteiger partial charge in [0.25, 0.3) is 0 Å². The van der Waals surface area contributed by atoms with Gasteiger partial charge in [-0.15, -0.1) is 0 Å². The van der Waals surface area contributed by atoms with Gasteiger partial charge in [-0.3, -0.25) is 0 Å². The summed E-state index contributed by atoms with van der Waals surface area (Å²) in [6, 6.07) is 7.14. The van der Waals surface area contributed by atoms with E-state index < -0.39 is 16.1 Å². The lowest BCUT2D eigenvalue weighted by atomic mass is 9.88. The highest BCUT2D eigenvalue weighted by Gasteiger charge is 2.29. The largest absolute Gasteiger partial charge is 0.388 e. The van der Waals surface area contributed by atoms with Gasteiger partial charge in [0, 0.05) is 18.1 Å². The molecule has 1 fully saturated rings. The van der Waals surface area contributed by atoms with E-state index in [0.717, 1.165) is 5.56 Å². The Morgan fingerprint density at radius 2 is 1.79 bits per heavy atom. The minimum atomic E-state index is -3.11. The molecule has 1 saturated heterocycles. The molecule has 1 unspecified atom stereocenters. The maximum absolute atomic E-state index is 11.4. The van der Waals surface area contributed by atoms with Crippen LogP contribution in [-0.4, -0.2) is 37.2 Å². The minimum Gasteiger partial charge on any atom is -0.388 e. The molecule has 0 bridgehead atoms. The number of benzene rings is 1. The van der Waals surface area contributed by atoms with Crippen LogP contribution in [0.4, 0.5) is 0 Å². The third-order valence-electron chi connectivity index (χ3n) is 3.63. The molecule has 1 aromatic rings. The zero-order valence-corrected chi connectivity index (χ0v) is 12.4. The first-order valence-electron chi connectivity index (χ1n) is 6.26. The molecular formula is C13H18ClNO3S. The predicted octanol–water partition coefficient (Wildman–Crippen LogP) is 2.05. The van der Waals surface area contributed by atoms with Crippen LogP contribution in [0.1, 0.15) is 24.5 Å². The van der Waals surface area contributed by atoms with Gasteiger partial charge in [0.1, 0.15) is 0 Å². The zero-order valence-electron chi connectivity index (χ0n) is 10.8. The van der Waals surface area contributed by atoms with Crippen molar-refractivity contribution in [3.63, 3.8) is 0 Å². The van der Waals surface area contributed by atoms with E-state index in [9.17, 15) is 13.5 Å². The monoisotopic (exact) mass is 303 g/mol. The van der Waals surface area contributed by atoms with E-state index >= 15 is 0 Å². The summed E-state index contributed by atoms with van der Waals surface area (Å²) < 4.78 is 24.3. The van der Waals surface area contributed by atoms with Gasteiger partial charge in [-0.1, -0.05) is 23.7 Å². The quantitative estimate of drug-likeness (QED) is 0.930. The Morgan fingerprint density at radius 3 is 2.26 bits per heavy atom. The Balaban J connectivity index is 1.99. The first-order valence-corrected chi connectivity index (χ1v) is 8.49. The van der Waals surface area contributed by atoms with Gasteiger partial charge >= 0.3 is 0 Å². The zero-order chi connectivity index (χ0) is 14.0. The van der Waals surface area contributed by atoms with Gasteiger partial charge in [0.2, 0.25) is 10.0 Å². The molecule has 0 amide bonds. The summed E-state index contributed by atoms with van der Waals surface area (Å²) in [6.07, 6.45) is 2.02. The molecule has 1 aliphatic rings. The van der Waals surface area contributed by atoms with Crippen molar-refractivity contribution >= 4 is 21.6 Å². The van der Waals surface area contributed by atoms with Crippen LogP contribution in [-0.2, 0) is 10.0 Å². The van der Waals surface area contributed by atoms with Crippen LogP contribution in [0.2, 0.25) is 5.02 Å². The van der Waals surface area contributed by atoms with E-state index in [1.54, 1.807) is 12.1 Å². The number of hydrogen-bond acceptors (Lipinski definition) is 3. The van der Waals surface area contributed by atoms with Crippen molar-refractivity contribution in [3.05, 3.63) is 34.9 Å². The topological polar surface area (TPSA) is 57.6 Å². The molecule has 1 aliphatic heterocycles. The van der Waals surface area contributed by atoms with Crippen molar-refractivity contribution < 1.29 is 13.5 Å². The number of aliphatic hydroxyl groups excluding tert-OH is 1. The second-order valence-electron chi connectivity index (χ2n) is 5.00. The highest BCUT2D eigenvalue weighted by Crippen LogP contribution is 2.31. The van der Waals surface area contributed by atoms with E-state index in [1.807, 2.05) is 12.1 Å². The fourth-order valence-electron chi connectivity index (χ4n) is 2.46. The number of nitrogens with zero attached hydrogens (tertiary/aromatic N) is 1. The average molecular weight is 304 g/mol. The highest BCUT2D eigenvalue weighted by molar-refractivity contribution is 7.88. The summed E-state index contributed by atoms with van der Waals surface area (Å²) in [6.45, 7) is 0.961. The lowest BCUT2D eigenvalue weighted by Gasteiger charge is -2.32. The van der Waals surface area contributed by atoms with Crippen LogP contribution in [0.3, 0.4) is 0 Å². The second kappa shape index (κ2) is 5.79. The third-order valence-corrected chi connectivity index (χ3v) is 5.18. The molecule has 4 nitrogen and oxygen atoms in total. The van der Waals surface area contributed by atoms with Crippen molar-refractivity contribution in [2.24, 2.45) is 5.92 Å². The third kappa shape index (κ3) is 3.69. The number of aliphatic hydroxyl groups is 1. The Kier molecular flexibility index (Phi) is 4.50. The summed E-state index contributed by atoms with van der Waals surface area (Å²) in [7, 11) is -3.11. The highest BCUT2D eigenvalue weighted by atomic mass is 35.5. The molecule has 1 N–H and O–H groups in total. The Hall–Kier alpha value is -0.620. The summed E-state index contributed by atoms with van der Waals surface area (Å²) in [5.41, 5.74) is 0.835. The van der Waals surface area contributed by atoms with Crippen LogP contribution >= 0.6 is 11.6 Å².